The number of amides is 1. The van der Waals surface area contributed by atoms with Crippen LogP contribution in [0.3, 0.4) is 0 Å². The number of nitrogens with one attached hydrogen (secondary N) is 2. The number of H-pyrrole nitrogens is 2. The van der Waals surface area contributed by atoms with Gasteiger partial charge >= 0.3 is 11.1 Å². The molecule has 0 radical (unpaired) electrons. The molecule has 2 aromatic carbocycles. The normalized spacial score (nSPS) is 17.0. The number of aromatic nitrogens is 2. The molecule has 1 fully saturated rings. The van der Waals surface area contributed by atoms with E-state index in [1.54, 1.807) is 23.1 Å². The Labute approximate surface area is 153 Å². The van der Waals surface area contributed by atoms with Gasteiger partial charge in [-0.15, -0.1) is 0 Å². The molecule has 6 nitrogen and oxygen atoms in total. The molecule has 2 heterocycles. The van der Waals surface area contributed by atoms with Crippen LogP contribution in [0.5, 0.6) is 0 Å². The Bertz CT molecular complexity index is 1120. The van der Waals surface area contributed by atoms with E-state index >= 15 is 0 Å². The molecule has 26 heavy (non-hydrogen) atoms. The molecule has 3 aromatic rings. The third-order valence-electron chi connectivity index (χ3n) is 4.76. The van der Waals surface area contributed by atoms with Crippen LogP contribution in [0.2, 0.25) is 5.02 Å². The molecular formula is C19H16ClN3O3. The van der Waals surface area contributed by atoms with Gasteiger partial charge in [-0.1, -0.05) is 23.7 Å². The van der Waals surface area contributed by atoms with Crippen molar-refractivity contribution < 1.29 is 4.79 Å². The Morgan fingerprint density at radius 3 is 2.58 bits per heavy atom. The molecule has 7 heteroatoms. The third-order valence-corrected chi connectivity index (χ3v) is 5.00. The van der Waals surface area contributed by atoms with Gasteiger partial charge < -0.3 is 14.9 Å². The third kappa shape index (κ3) is 3.04. The van der Waals surface area contributed by atoms with Crippen molar-refractivity contribution >= 4 is 28.5 Å². The number of hydrogen-bond donors (Lipinski definition) is 2. The summed E-state index contributed by atoms with van der Waals surface area (Å²) in [6.07, 6.45) is 0.879. The molecule has 0 aliphatic carbocycles. The van der Waals surface area contributed by atoms with E-state index < -0.39 is 11.1 Å². The number of rotatable bonds is 2. The Morgan fingerprint density at radius 1 is 1.04 bits per heavy atom. The number of nitrogens with zero attached hydrogens (tertiary/aromatic N) is 1. The summed E-state index contributed by atoms with van der Waals surface area (Å²) < 4.78 is 0. The summed E-state index contributed by atoms with van der Waals surface area (Å²) >= 11 is 6.06. The number of hydrogen-bond acceptors (Lipinski definition) is 3. The average molecular weight is 370 g/mol. The predicted octanol–water partition coefficient (Wildman–Crippen LogP) is 2.50. The highest BCUT2D eigenvalue weighted by Crippen LogP contribution is 2.29. The highest BCUT2D eigenvalue weighted by molar-refractivity contribution is 6.30. The molecule has 0 saturated carbocycles. The lowest BCUT2D eigenvalue weighted by Gasteiger charge is -2.17. The minimum absolute atomic E-state index is 0.0940. The maximum atomic E-state index is 12.8. The number of halogens is 1. The van der Waals surface area contributed by atoms with Crippen molar-refractivity contribution in [1.29, 1.82) is 0 Å². The van der Waals surface area contributed by atoms with Crippen molar-refractivity contribution in [2.75, 3.05) is 13.1 Å². The largest absolute Gasteiger partial charge is 0.338 e. The zero-order chi connectivity index (χ0) is 18.3. The summed E-state index contributed by atoms with van der Waals surface area (Å²) in [5.74, 6) is 0.165. The fourth-order valence-corrected chi connectivity index (χ4v) is 3.61. The lowest BCUT2D eigenvalue weighted by Crippen LogP contribution is -2.30. The van der Waals surface area contributed by atoms with Crippen LogP contribution in [0.25, 0.3) is 11.0 Å². The number of benzene rings is 2. The van der Waals surface area contributed by atoms with Crippen LogP contribution < -0.4 is 11.1 Å². The average Bonchev–Trinajstić information content (AvgIpc) is 3.12. The van der Waals surface area contributed by atoms with Gasteiger partial charge in [0.1, 0.15) is 0 Å². The van der Waals surface area contributed by atoms with Gasteiger partial charge in [-0.3, -0.25) is 14.4 Å². The smallest absolute Gasteiger partial charge is 0.314 e. The molecule has 0 spiro atoms. The van der Waals surface area contributed by atoms with Crippen LogP contribution in [0.15, 0.2) is 52.1 Å². The van der Waals surface area contributed by atoms with E-state index in [9.17, 15) is 14.4 Å². The molecule has 1 aromatic heterocycles. The minimum atomic E-state index is -0.732. The Balaban J connectivity index is 1.58. The minimum Gasteiger partial charge on any atom is -0.338 e. The lowest BCUT2D eigenvalue weighted by molar-refractivity contribution is 0.0791. The van der Waals surface area contributed by atoms with E-state index in [-0.39, 0.29) is 11.8 Å². The number of likely N-dealkylation sites (tertiary alicyclic amines) is 1. The SMILES string of the molecule is O=C(c1ccc2[nH]c(=O)c(=O)[nH]c2c1)N1CC[C@@H](c2cccc(Cl)c2)C1. The van der Waals surface area contributed by atoms with Crippen molar-refractivity contribution in [3.63, 3.8) is 0 Å². The second-order valence-corrected chi connectivity index (χ2v) is 6.90. The van der Waals surface area contributed by atoms with Crippen LogP contribution in [0.1, 0.15) is 28.3 Å². The Morgan fingerprint density at radius 2 is 1.81 bits per heavy atom. The van der Waals surface area contributed by atoms with E-state index in [1.807, 2.05) is 24.3 Å². The number of aromatic amines is 2. The van der Waals surface area contributed by atoms with Crippen LogP contribution in [-0.4, -0.2) is 33.9 Å². The molecule has 1 atom stereocenters. The van der Waals surface area contributed by atoms with Crippen molar-refractivity contribution in [2.45, 2.75) is 12.3 Å². The standard InChI is InChI=1S/C19H16ClN3O3/c20-14-3-1-2-11(8-14)13-6-7-23(10-13)19(26)12-4-5-15-16(9-12)22-18(25)17(24)21-15/h1-5,8-9,13H,6-7,10H2,(H,21,24)(H,22,25)/t13-/m1/s1. The van der Waals surface area contributed by atoms with Gasteiger partial charge in [0, 0.05) is 29.6 Å². The van der Waals surface area contributed by atoms with E-state index in [0.717, 1.165) is 12.0 Å². The van der Waals surface area contributed by atoms with E-state index in [1.165, 1.54) is 0 Å². The summed E-state index contributed by atoms with van der Waals surface area (Å²) in [5, 5.41) is 0.694. The summed E-state index contributed by atoms with van der Waals surface area (Å²) in [6, 6.07) is 12.6. The van der Waals surface area contributed by atoms with Gasteiger partial charge in [-0.2, -0.15) is 0 Å². The van der Waals surface area contributed by atoms with Crippen LogP contribution in [-0.2, 0) is 0 Å². The van der Waals surface area contributed by atoms with Crippen LogP contribution in [0, 0.1) is 0 Å². The van der Waals surface area contributed by atoms with Crippen molar-refractivity contribution in [2.24, 2.45) is 0 Å². The maximum Gasteiger partial charge on any atom is 0.314 e. The van der Waals surface area contributed by atoms with Crippen molar-refractivity contribution in [3.05, 3.63) is 79.3 Å². The zero-order valence-electron chi connectivity index (χ0n) is 13.8. The second kappa shape index (κ2) is 6.46. The maximum absolute atomic E-state index is 12.8. The van der Waals surface area contributed by atoms with Gasteiger partial charge in [-0.05, 0) is 42.3 Å². The number of fused-ring (bicyclic) bond motifs is 1. The molecule has 1 aliphatic heterocycles. The first kappa shape index (κ1) is 16.6. The molecular weight excluding hydrogens is 354 g/mol. The van der Waals surface area contributed by atoms with Gasteiger partial charge in [0.25, 0.3) is 5.91 Å². The molecule has 0 bridgehead atoms. The first-order valence-corrected chi connectivity index (χ1v) is 8.70. The molecule has 1 amide bonds. The Hall–Kier alpha value is -2.86. The number of carbonyl (C=O) groups is 1. The van der Waals surface area contributed by atoms with Crippen molar-refractivity contribution in [3.8, 4) is 0 Å². The monoisotopic (exact) mass is 369 g/mol. The zero-order valence-corrected chi connectivity index (χ0v) is 14.5. The van der Waals surface area contributed by atoms with E-state index in [4.69, 9.17) is 11.6 Å². The lowest BCUT2D eigenvalue weighted by atomic mass is 9.99. The van der Waals surface area contributed by atoms with Crippen LogP contribution >= 0.6 is 11.6 Å². The first-order chi connectivity index (χ1) is 12.5. The summed E-state index contributed by atoms with van der Waals surface area (Å²) in [4.78, 5) is 42.5. The molecule has 0 unspecified atom stereocenters. The summed E-state index contributed by atoms with van der Waals surface area (Å²) in [7, 11) is 0. The fraction of sp³-hybridized carbons (Fsp3) is 0.211. The molecule has 2 N–H and O–H groups in total. The fourth-order valence-electron chi connectivity index (χ4n) is 3.41. The van der Waals surface area contributed by atoms with Gasteiger partial charge in [0.2, 0.25) is 0 Å². The van der Waals surface area contributed by atoms with Gasteiger partial charge in [0.05, 0.1) is 11.0 Å². The highest BCUT2D eigenvalue weighted by atomic mass is 35.5. The number of carbonyl (C=O) groups excluding carboxylic acids is 1. The van der Waals surface area contributed by atoms with Crippen molar-refractivity contribution in [1.82, 2.24) is 14.9 Å². The topological polar surface area (TPSA) is 86.0 Å². The van der Waals surface area contributed by atoms with E-state index in [2.05, 4.69) is 9.97 Å². The van der Waals surface area contributed by atoms with Crippen LogP contribution in [0.4, 0.5) is 0 Å². The summed E-state index contributed by atoms with van der Waals surface area (Å²) in [6.45, 7) is 1.29. The molecule has 1 aliphatic rings. The van der Waals surface area contributed by atoms with Gasteiger partial charge in [-0.25, -0.2) is 0 Å². The summed E-state index contributed by atoms with van der Waals surface area (Å²) in [5.41, 5.74) is 1.10. The molecule has 4 rings (SSSR count). The first-order valence-electron chi connectivity index (χ1n) is 8.32. The highest BCUT2D eigenvalue weighted by Gasteiger charge is 2.28. The van der Waals surface area contributed by atoms with Gasteiger partial charge in [0.15, 0.2) is 0 Å². The molecule has 132 valence electrons. The molecule has 1 saturated heterocycles. The quantitative estimate of drug-likeness (QED) is 0.680. The van der Waals surface area contributed by atoms with E-state index in [0.29, 0.717) is 34.7 Å². The predicted molar refractivity (Wildman–Crippen MR) is 99.9 cm³/mol. The second-order valence-electron chi connectivity index (χ2n) is 6.46. The Kier molecular flexibility index (Phi) is 4.12.